The van der Waals surface area contributed by atoms with E-state index in [0.717, 1.165) is 12.8 Å². The molecule has 2 heterocycles. The Morgan fingerprint density at radius 1 is 1.22 bits per heavy atom. The fourth-order valence-electron chi connectivity index (χ4n) is 2.79. The van der Waals surface area contributed by atoms with Gasteiger partial charge in [-0.1, -0.05) is 0 Å². The number of methoxy groups -OCH3 is 1. The van der Waals surface area contributed by atoms with Crippen LogP contribution in [0.15, 0.2) is 36.5 Å². The quantitative estimate of drug-likeness (QED) is 0.812. The van der Waals surface area contributed by atoms with Crippen LogP contribution in [-0.4, -0.2) is 36.0 Å². The zero-order valence-corrected chi connectivity index (χ0v) is 12.9. The molecule has 0 spiro atoms. The molecule has 0 bridgehead atoms. The lowest BCUT2D eigenvalue weighted by molar-refractivity contribution is 0.0900. The fraction of sp³-hybridized carbons (Fsp3) is 0.353. The molecule has 0 unspecified atom stereocenters. The van der Waals surface area contributed by atoms with Crippen molar-refractivity contribution in [2.24, 2.45) is 5.92 Å². The summed E-state index contributed by atoms with van der Waals surface area (Å²) in [6.45, 7) is 1.43. The summed E-state index contributed by atoms with van der Waals surface area (Å²) in [6.07, 6.45) is 3.13. The first-order valence-electron chi connectivity index (χ1n) is 7.59. The summed E-state index contributed by atoms with van der Waals surface area (Å²) in [5.74, 6) is 0.863. The number of anilines is 1. The molecule has 0 amide bonds. The van der Waals surface area contributed by atoms with Crippen molar-refractivity contribution in [3.8, 4) is 5.88 Å². The molecular weight excluding hydrogens is 297 g/mol. The summed E-state index contributed by atoms with van der Waals surface area (Å²) in [4.78, 5) is 23.1. The summed E-state index contributed by atoms with van der Waals surface area (Å²) in [7, 11) is 1.57. The van der Waals surface area contributed by atoms with Gasteiger partial charge < -0.3 is 9.64 Å². The van der Waals surface area contributed by atoms with Crippen LogP contribution in [0.1, 0.15) is 23.2 Å². The topological polar surface area (TPSA) is 55.3 Å². The minimum absolute atomic E-state index is 0.0395. The zero-order valence-electron chi connectivity index (χ0n) is 12.9. The Labute approximate surface area is 134 Å². The van der Waals surface area contributed by atoms with E-state index in [-0.39, 0.29) is 17.5 Å². The van der Waals surface area contributed by atoms with Crippen molar-refractivity contribution in [2.75, 3.05) is 25.1 Å². The first-order valence-corrected chi connectivity index (χ1v) is 7.59. The Kier molecular flexibility index (Phi) is 4.50. The molecule has 0 atom stereocenters. The highest BCUT2D eigenvalue weighted by atomic mass is 19.1. The Hall–Kier alpha value is -2.50. The van der Waals surface area contributed by atoms with Crippen LogP contribution in [-0.2, 0) is 0 Å². The largest absolute Gasteiger partial charge is 0.481 e. The molecule has 23 heavy (non-hydrogen) atoms. The summed E-state index contributed by atoms with van der Waals surface area (Å²) in [6, 6.07) is 7.46. The van der Waals surface area contributed by atoms with E-state index in [4.69, 9.17) is 4.74 Å². The highest BCUT2D eigenvalue weighted by molar-refractivity contribution is 5.97. The van der Waals surface area contributed by atoms with Gasteiger partial charge in [-0.25, -0.2) is 9.37 Å². The molecule has 6 heteroatoms. The van der Waals surface area contributed by atoms with E-state index in [1.807, 2.05) is 0 Å². The summed E-state index contributed by atoms with van der Waals surface area (Å²) >= 11 is 0. The number of aromatic nitrogens is 2. The molecule has 0 N–H and O–H groups in total. The first kappa shape index (κ1) is 15.4. The molecule has 1 aromatic heterocycles. The number of Topliss-reactive ketones (excluding diaryl/α,β-unsaturated/α-hetero) is 1. The van der Waals surface area contributed by atoms with Crippen molar-refractivity contribution in [2.45, 2.75) is 12.8 Å². The number of carbonyl (C=O) groups is 1. The third-order valence-corrected chi connectivity index (χ3v) is 4.10. The Bertz CT molecular complexity index is 682. The van der Waals surface area contributed by atoms with Crippen LogP contribution in [0, 0.1) is 11.7 Å². The van der Waals surface area contributed by atoms with E-state index in [0.29, 0.717) is 30.5 Å². The van der Waals surface area contributed by atoms with Gasteiger partial charge >= 0.3 is 0 Å². The molecule has 1 aliphatic rings. The van der Waals surface area contributed by atoms with E-state index in [2.05, 4.69) is 14.9 Å². The summed E-state index contributed by atoms with van der Waals surface area (Å²) in [5, 5.41) is 0. The van der Waals surface area contributed by atoms with Crippen LogP contribution in [0.2, 0.25) is 0 Å². The van der Waals surface area contributed by atoms with E-state index in [1.54, 1.807) is 31.5 Å². The van der Waals surface area contributed by atoms with Gasteiger partial charge in [0.2, 0.25) is 11.8 Å². The number of benzene rings is 1. The summed E-state index contributed by atoms with van der Waals surface area (Å²) < 4.78 is 18.1. The third-order valence-electron chi connectivity index (χ3n) is 4.10. The lowest BCUT2D eigenvalue weighted by Crippen LogP contribution is -2.37. The van der Waals surface area contributed by atoms with Crippen LogP contribution in [0.4, 0.5) is 10.3 Å². The minimum Gasteiger partial charge on any atom is -0.481 e. The van der Waals surface area contributed by atoms with Crippen LogP contribution in [0.25, 0.3) is 0 Å². The molecule has 2 aromatic rings. The van der Waals surface area contributed by atoms with E-state index >= 15 is 0 Å². The van der Waals surface area contributed by atoms with Crippen molar-refractivity contribution in [1.82, 2.24) is 9.97 Å². The number of carbonyl (C=O) groups excluding carboxylic acids is 1. The van der Waals surface area contributed by atoms with Gasteiger partial charge in [0.05, 0.1) is 7.11 Å². The maximum atomic E-state index is 13.0. The number of ether oxygens (including phenoxy) is 1. The molecule has 5 nitrogen and oxygen atoms in total. The number of nitrogens with zero attached hydrogens (tertiary/aromatic N) is 3. The van der Waals surface area contributed by atoms with Crippen LogP contribution in [0.3, 0.4) is 0 Å². The normalized spacial score (nSPS) is 15.5. The van der Waals surface area contributed by atoms with Crippen LogP contribution < -0.4 is 9.64 Å². The SMILES string of the molecule is COc1ccnc(N2CCC(C(=O)c3ccc(F)cc3)CC2)n1. The van der Waals surface area contributed by atoms with Crippen LogP contribution >= 0.6 is 0 Å². The van der Waals surface area contributed by atoms with E-state index in [1.165, 1.54) is 12.1 Å². The average Bonchev–Trinajstić information content (AvgIpc) is 2.62. The molecule has 1 aromatic carbocycles. The van der Waals surface area contributed by atoms with E-state index in [9.17, 15) is 9.18 Å². The van der Waals surface area contributed by atoms with Crippen molar-refractivity contribution in [1.29, 1.82) is 0 Å². The molecule has 0 aliphatic carbocycles. The minimum atomic E-state index is -0.327. The first-order chi connectivity index (χ1) is 11.2. The number of piperidine rings is 1. The van der Waals surface area contributed by atoms with E-state index < -0.39 is 0 Å². The van der Waals surface area contributed by atoms with Crippen molar-refractivity contribution >= 4 is 11.7 Å². The molecule has 3 rings (SSSR count). The second kappa shape index (κ2) is 6.73. The zero-order chi connectivity index (χ0) is 16.2. The van der Waals surface area contributed by atoms with Crippen molar-refractivity contribution in [3.05, 3.63) is 47.9 Å². The molecule has 0 radical (unpaired) electrons. The standard InChI is InChI=1S/C17H18FN3O2/c1-23-15-6-9-19-17(20-15)21-10-7-13(8-11-21)16(22)12-2-4-14(18)5-3-12/h2-6,9,13H,7-8,10-11H2,1H3. The molecule has 1 aliphatic heterocycles. The van der Waals surface area contributed by atoms with Gasteiger partial charge in [-0.15, -0.1) is 0 Å². The monoisotopic (exact) mass is 315 g/mol. The second-order valence-electron chi connectivity index (χ2n) is 5.53. The maximum Gasteiger partial charge on any atom is 0.228 e. The molecule has 120 valence electrons. The lowest BCUT2D eigenvalue weighted by Gasteiger charge is -2.31. The molecular formula is C17H18FN3O2. The highest BCUT2D eigenvalue weighted by Crippen LogP contribution is 2.24. The lowest BCUT2D eigenvalue weighted by atomic mass is 9.89. The van der Waals surface area contributed by atoms with Gasteiger partial charge in [0.25, 0.3) is 0 Å². The van der Waals surface area contributed by atoms with Crippen molar-refractivity contribution in [3.63, 3.8) is 0 Å². The smallest absolute Gasteiger partial charge is 0.228 e. The van der Waals surface area contributed by atoms with Crippen LogP contribution in [0.5, 0.6) is 5.88 Å². The highest BCUT2D eigenvalue weighted by Gasteiger charge is 2.27. The number of halogens is 1. The fourth-order valence-corrected chi connectivity index (χ4v) is 2.79. The third kappa shape index (κ3) is 3.47. The summed E-state index contributed by atoms with van der Waals surface area (Å²) in [5.41, 5.74) is 0.572. The van der Waals surface area contributed by atoms with Gasteiger partial charge in [0, 0.05) is 36.8 Å². The Balaban J connectivity index is 1.63. The molecule has 1 saturated heterocycles. The Morgan fingerprint density at radius 3 is 2.57 bits per heavy atom. The van der Waals surface area contributed by atoms with Crippen molar-refractivity contribution < 1.29 is 13.9 Å². The van der Waals surface area contributed by atoms with Gasteiger partial charge in [-0.05, 0) is 37.1 Å². The average molecular weight is 315 g/mol. The predicted molar refractivity (Wildman–Crippen MR) is 84.3 cm³/mol. The molecule has 1 fully saturated rings. The second-order valence-corrected chi connectivity index (χ2v) is 5.53. The Morgan fingerprint density at radius 2 is 1.91 bits per heavy atom. The number of hydrogen-bond acceptors (Lipinski definition) is 5. The number of rotatable bonds is 4. The number of ketones is 1. The van der Waals surface area contributed by atoms with Gasteiger partial charge in [0.15, 0.2) is 5.78 Å². The van der Waals surface area contributed by atoms with Gasteiger partial charge in [-0.3, -0.25) is 4.79 Å². The predicted octanol–water partition coefficient (Wildman–Crippen LogP) is 2.72. The molecule has 0 saturated carbocycles. The maximum absolute atomic E-state index is 13.0. The van der Waals surface area contributed by atoms with Gasteiger partial charge in [0.1, 0.15) is 5.82 Å². The number of hydrogen-bond donors (Lipinski definition) is 0. The van der Waals surface area contributed by atoms with Gasteiger partial charge in [-0.2, -0.15) is 4.98 Å².